The lowest BCUT2D eigenvalue weighted by molar-refractivity contribution is 0.357. The van der Waals surface area contributed by atoms with E-state index in [1.807, 2.05) is 19.1 Å². The Morgan fingerprint density at radius 2 is 2.45 bits per heavy atom. The Labute approximate surface area is 77.2 Å². The van der Waals surface area contributed by atoms with Crippen molar-refractivity contribution in [2.75, 3.05) is 6.61 Å². The lowest BCUT2D eigenvalue weighted by Crippen LogP contribution is -1.91. The van der Waals surface area contributed by atoms with Crippen molar-refractivity contribution in [3.63, 3.8) is 0 Å². The first-order chi connectivity index (χ1) is 5.33. The highest BCUT2D eigenvalue weighted by molar-refractivity contribution is 9.11. The van der Waals surface area contributed by atoms with Crippen molar-refractivity contribution in [3.8, 4) is 5.19 Å². The maximum Gasteiger partial charge on any atom is 0.295 e. The van der Waals surface area contributed by atoms with Crippen molar-refractivity contribution < 1.29 is 4.74 Å². The first-order valence-corrected chi connectivity index (χ1v) is 4.67. The lowest BCUT2D eigenvalue weighted by Gasteiger charge is -1.92. The van der Waals surface area contributed by atoms with Crippen LogP contribution in [-0.4, -0.2) is 16.8 Å². The van der Waals surface area contributed by atoms with Crippen molar-refractivity contribution >= 4 is 27.3 Å². The number of hydrogen-bond acceptors (Lipinski definition) is 4. The minimum Gasteiger partial charge on any atom is -0.465 e. The smallest absolute Gasteiger partial charge is 0.295 e. The monoisotopic (exact) mass is 234 g/mol. The molecule has 1 rings (SSSR count). The minimum atomic E-state index is 0.554. The molecule has 0 amide bonds. The number of ether oxygens (including phenoxy) is 1. The topological polar surface area (TPSA) is 35.0 Å². The van der Waals surface area contributed by atoms with Crippen molar-refractivity contribution in [1.82, 2.24) is 10.2 Å². The van der Waals surface area contributed by atoms with Crippen LogP contribution in [0.3, 0.4) is 0 Å². The molecular weight excluding hydrogens is 228 g/mol. The second kappa shape index (κ2) is 4.46. The molecule has 0 aliphatic heterocycles. The summed E-state index contributed by atoms with van der Waals surface area (Å²) in [6.07, 6.45) is 3.84. The first-order valence-electron chi connectivity index (χ1n) is 3.06. The van der Waals surface area contributed by atoms with Crippen LogP contribution in [0.15, 0.2) is 16.1 Å². The molecule has 11 heavy (non-hydrogen) atoms. The Balaban J connectivity index is 2.38. The highest BCUT2D eigenvalue weighted by Gasteiger charge is 1.99. The predicted octanol–water partition coefficient (Wildman–Crippen LogP) is 2.26. The first kappa shape index (κ1) is 8.67. The zero-order valence-corrected chi connectivity index (χ0v) is 8.35. The second-order valence-corrected chi connectivity index (χ2v) is 3.92. The third-order valence-corrected chi connectivity index (χ3v) is 2.19. The van der Waals surface area contributed by atoms with Gasteiger partial charge in [0.2, 0.25) is 0 Å². The van der Waals surface area contributed by atoms with Gasteiger partial charge in [0.25, 0.3) is 5.19 Å². The molecular formula is C6H7BrN2OS. The van der Waals surface area contributed by atoms with Crippen LogP contribution in [-0.2, 0) is 0 Å². The van der Waals surface area contributed by atoms with Gasteiger partial charge < -0.3 is 4.74 Å². The Morgan fingerprint density at radius 3 is 3.00 bits per heavy atom. The van der Waals surface area contributed by atoms with Crippen molar-refractivity contribution in [2.45, 2.75) is 6.92 Å². The SMILES string of the molecule is CC=CCOc1nnc(Br)s1. The molecule has 0 aliphatic rings. The molecule has 0 radical (unpaired) electrons. The van der Waals surface area contributed by atoms with Gasteiger partial charge in [-0.1, -0.05) is 17.3 Å². The number of halogens is 1. The summed E-state index contributed by atoms with van der Waals surface area (Å²) in [5.41, 5.74) is 0. The Morgan fingerprint density at radius 1 is 1.64 bits per heavy atom. The van der Waals surface area contributed by atoms with Gasteiger partial charge in [0, 0.05) is 0 Å². The van der Waals surface area contributed by atoms with Crippen LogP contribution in [0.25, 0.3) is 0 Å². The van der Waals surface area contributed by atoms with Gasteiger partial charge in [-0.2, -0.15) is 0 Å². The van der Waals surface area contributed by atoms with Crippen LogP contribution < -0.4 is 4.74 Å². The van der Waals surface area contributed by atoms with Gasteiger partial charge in [-0.3, -0.25) is 0 Å². The number of allylic oxidation sites excluding steroid dienone is 1. The highest BCUT2D eigenvalue weighted by atomic mass is 79.9. The van der Waals surface area contributed by atoms with E-state index in [1.165, 1.54) is 11.3 Å². The normalized spacial score (nSPS) is 10.7. The van der Waals surface area contributed by atoms with Crippen molar-refractivity contribution in [3.05, 3.63) is 16.1 Å². The maximum atomic E-state index is 5.20. The third-order valence-electron chi connectivity index (χ3n) is 0.921. The molecule has 0 spiro atoms. The molecule has 1 heterocycles. The molecule has 0 fully saturated rings. The average Bonchev–Trinajstić information content (AvgIpc) is 2.37. The maximum absolute atomic E-state index is 5.20. The van der Waals surface area contributed by atoms with E-state index in [2.05, 4.69) is 26.1 Å². The van der Waals surface area contributed by atoms with E-state index in [4.69, 9.17) is 4.74 Å². The summed E-state index contributed by atoms with van der Waals surface area (Å²) in [6.45, 7) is 2.50. The molecule has 0 saturated carbocycles. The summed E-state index contributed by atoms with van der Waals surface area (Å²) in [5, 5.41) is 8.08. The van der Waals surface area contributed by atoms with Crippen molar-refractivity contribution in [2.24, 2.45) is 0 Å². The quantitative estimate of drug-likeness (QED) is 0.753. The number of nitrogens with zero attached hydrogens (tertiary/aromatic N) is 2. The summed E-state index contributed by atoms with van der Waals surface area (Å²) in [5.74, 6) is 0. The standard InChI is InChI=1S/C6H7BrN2OS/c1-2-3-4-10-6-9-8-5(7)11-6/h2-3H,4H2,1H3. The zero-order chi connectivity index (χ0) is 8.10. The molecule has 0 bridgehead atoms. The van der Waals surface area contributed by atoms with E-state index < -0.39 is 0 Å². The highest BCUT2D eigenvalue weighted by Crippen LogP contribution is 2.21. The van der Waals surface area contributed by atoms with Crippen LogP contribution in [0.1, 0.15) is 6.92 Å². The lowest BCUT2D eigenvalue weighted by atomic mass is 10.6. The van der Waals surface area contributed by atoms with Gasteiger partial charge >= 0.3 is 0 Å². The molecule has 0 aliphatic carbocycles. The molecule has 0 saturated heterocycles. The fraction of sp³-hybridized carbons (Fsp3) is 0.333. The van der Waals surface area contributed by atoms with Crippen LogP contribution >= 0.6 is 27.3 Å². The Bertz CT molecular complexity index is 248. The van der Waals surface area contributed by atoms with Crippen molar-refractivity contribution in [1.29, 1.82) is 0 Å². The van der Waals surface area contributed by atoms with Gasteiger partial charge in [0.1, 0.15) is 6.61 Å². The van der Waals surface area contributed by atoms with Gasteiger partial charge in [0.15, 0.2) is 3.92 Å². The van der Waals surface area contributed by atoms with Gasteiger partial charge in [-0.15, -0.1) is 5.10 Å². The minimum absolute atomic E-state index is 0.554. The van der Waals surface area contributed by atoms with Gasteiger partial charge in [0.05, 0.1) is 0 Å². The molecule has 3 nitrogen and oxygen atoms in total. The molecule has 0 unspecified atom stereocenters. The summed E-state index contributed by atoms with van der Waals surface area (Å²) >= 11 is 4.56. The Hall–Kier alpha value is -0.420. The molecule has 1 aromatic rings. The van der Waals surface area contributed by atoms with E-state index in [0.717, 1.165) is 3.92 Å². The molecule has 0 N–H and O–H groups in total. The Kier molecular flexibility index (Phi) is 3.51. The molecule has 1 aromatic heterocycles. The molecule has 5 heteroatoms. The molecule has 60 valence electrons. The number of aromatic nitrogens is 2. The summed E-state index contributed by atoms with van der Waals surface area (Å²) < 4.78 is 5.94. The zero-order valence-electron chi connectivity index (χ0n) is 5.95. The van der Waals surface area contributed by atoms with Crippen LogP contribution in [0.5, 0.6) is 5.19 Å². The van der Waals surface area contributed by atoms with Crippen LogP contribution in [0.4, 0.5) is 0 Å². The van der Waals surface area contributed by atoms with Gasteiger partial charge in [-0.25, -0.2) is 0 Å². The fourth-order valence-electron chi connectivity index (χ4n) is 0.467. The molecule has 0 atom stereocenters. The third kappa shape index (κ3) is 2.98. The van der Waals surface area contributed by atoms with Crippen LogP contribution in [0, 0.1) is 0 Å². The fourth-order valence-corrected chi connectivity index (χ4v) is 1.40. The number of hydrogen-bond donors (Lipinski definition) is 0. The van der Waals surface area contributed by atoms with Crippen LogP contribution in [0.2, 0.25) is 0 Å². The van der Waals surface area contributed by atoms with E-state index in [-0.39, 0.29) is 0 Å². The van der Waals surface area contributed by atoms with E-state index in [9.17, 15) is 0 Å². The summed E-state index contributed by atoms with van der Waals surface area (Å²) in [7, 11) is 0. The summed E-state index contributed by atoms with van der Waals surface area (Å²) in [6, 6.07) is 0. The predicted molar refractivity (Wildman–Crippen MR) is 47.9 cm³/mol. The van der Waals surface area contributed by atoms with E-state index >= 15 is 0 Å². The number of rotatable bonds is 3. The van der Waals surface area contributed by atoms with E-state index in [1.54, 1.807) is 0 Å². The largest absolute Gasteiger partial charge is 0.465 e. The van der Waals surface area contributed by atoms with Gasteiger partial charge in [-0.05, 0) is 34.2 Å². The van der Waals surface area contributed by atoms with E-state index in [0.29, 0.717) is 11.8 Å². The second-order valence-electron chi connectivity index (χ2n) is 1.70. The summed E-state index contributed by atoms with van der Waals surface area (Å²) in [4.78, 5) is 0. The average molecular weight is 235 g/mol. The molecule has 0 aromatic carbocycles.